The summed E-state index contributed by atoms with van der Waals surface area (Å²) in [6.07, 6.45) is 3.79. The van der Waals surface area contributed by atoms with Gasteiger partial charge in [0.2, 0.25) is 0 Å². The largest absolute Gasteiger partial charge is 0.509 e. The van der Waals surface area contributed by atoms with E-state index < -0.39 is 0 Å². The summed E-state index contributed by atoms with van der Waals surface area (Å²) in [5.74, 6) is 0.849. The van der Waals surface area contributed by atoms with E-state index in [-0.39, 0.29) is 18.1 Å². The van der Waals surface area contributed by atoms with Gasteiger partial charge in [0, 0.05) is 5.56 Å². The van der Waals surface area contributed by atoms with Crippen LogP contribution in [0.5, 0.6) is 11.5 Å². The summed E-state index contributed by atoms with van der Waals surface area (Å²) in [6, 6.07) is 16.5. The molecular weight excluding hydrogens is 311 g/mol. The fraction of sp³-hybridized carbons (Fsp3) is 0.0476. The Morgan fingerprint density at radius 1 is 1.04 bits per heavy atom. The van der Waals surface area contributed by atoms with Crippen molar-refractivity contribution >= 4 is 36.2 Å². The molecule has 0 aromatic heterocycles. The van der Waals surface area contributed by atoms with Crippen LogP contribution in [0.25, 0.3) is 22.9 Å². The summed E-state index contributed by atoms with van der Waals surface area (Å²) in [7, 11) is 5.82. The minimum absolute atomic E-state index is 0.0176. The van der Waals surface area contributed by atoms with Gasteiger partial charge in [-0.05, 0) is 34.5 Å². The van der Waals surface area contributed by atoms with Crippen LogP contribution in [0.2, 0.25) is 0 Å². The van der Waals surface area contributed by atoms with E-state index in [0.29, 0.717) is 11.2 Å². The number of hydrogen-bond donors (Lipinski definition) is 2. The Kier molecular flexibility index (Phi) is 4.80. The van der Waals surface area contributed by atoms with Gasteiger partial charge < -0.3 is 14.9 Å². The van der Waals surface area contributed by atoms with E-state index in [1.807, 2.05) is 60.7 Å². The minimum Gasteiger partial charge on any atom is -0.509 e. The molecule has 3 aromatic carbocycles. The van der Waals surface area contributed by atoms with Gasteiger partial charge in [0.25, 0.3) is 0 Å². The molecule has 0 aliphatic carbocycles. The highest BCUT2D eigenvalue weighted by molar-refractivity contribution is 6.33. The summed E-state index contributed by atoms with van der Waals surface area (Å²) < 4.78 is 5.35. The highest BCUT2D eigenvalue weighted by atomic mass is 16.5. The molecule has 0 heterocycles. The molecule has 0 amide bonds. The number of aliphatic hydroxyl groups excluding tert-OH is 1. The van der Waals surface area contributed by atoms with E-state index >= 15 is 0 Å². The van der Waals surface area contributed by atoms with Gasteiger partial charge in [0.15, 0.2) is 0 Å². The number of rotatable bonds is 5. The van der Waals surface area contributed by atoms with Crippen LogP contribution in [0.4, 0.5) is 0 Å². The van der Waals surface area contributed by atoms with E-state index in [4.69, 9.17) is 17.7 Å². The summed E-state index contributed by atoms with van der Waals surface area (Å²) in [6.45, 7) is 3.45. The molecule has 2 radical (unpaired) electrons. The Hall–Kier alpha value is -3.14. The van der Waals surface area contributed by atoms with Gasteiger partial charge >= 0.3 is 0 Å². The number of phenolic OH excluding ortho intramolecular Hbond substituents is 1. The number of aromatic hydroxyl groups is 1. The second-order valence-corrected chi connectivity index (χ2v) is 5.74. The van der Waals surface area contributed by atoms with Crippen LogP contribution in [0.1, 0.15) is 11.1 Å². The zero-order valence-electron chi connectivity index (χ0n) is 13.6. The SMILES string of the molecule is [B]c1ccc2c(/C=C/c3ccc(OCC(=C)O)cc3)c(O)ccc2c1. The Morgan fingerprint density at radius 3 is 2.52 bits per heavy atom. The third-order valence-electron chi connectivity index (χ3n) is 3.79. The molecule has 122 valence electrons. The number of fused-ring (bicyclic) bond motifs is 1. The second kappa shape index (κ2) is 7.18. The van der Waals surface area contributed by atoms with Crippen molar-refractivity contribution in [3.05, 3.63) is 78.1 Å². The van der Waals surface area contributed by atoms with E-state index in [2.05, 4.69) is 6.58 Å². The van der Waals surface area contributed by atoms with Gasteiger partial charge in [-0.2, -0.15) is 0 Å². The van der Waals surface area contributed by atoms with Crippen LogP contribution in [0.15, 0.2) is 66.9 Å². The lowest BCUT2D eigenvalue weighted by Gasteiger charge is -2.07. The Morgan fingerprint density at radius 2 is 1.80 bits per heavy atom. The molecule has 0 unspecified atom stereocenters. The lowest BCUT2D eigenvalue weighted by molar-refractivity contribution is 0.272. The topological polar surface area (TPSA) is 49.7 Å². The fourth-order valence-electron chi connectivity index (χ4n) is 2.56. The van der Waals surface area contributed by atoms with Crippen molar-refractivity contribution in [1.82, 2.24) is 0 Å². The highest BCUT2D eigenvalue weighted by Crippen LogP contribution is 2.28. The Labute approximate surface area is 147 Å². The standard InChI is InChI=1S/C21H17BO3/c1-14(23)13-25-18-7-2-15(3-8-18)4-9-20-19-10-6-17(22)12-16(19)5-11-21(20)24/h2-12,23-24H,1,13H2/b9-4+. The molecule has 3 rings (SSSR count). The van der Waals surface area contributed by atoms with Crippen LogP contribution >= 0.6 is 0 Å². The average Bonchev–Trinajstić information content (AvgIpc) is 2.60. The molecule has 0 bridgehead atoms. The predicted molar refractivity (Wildman–Crippen MR) is 104 cm³/mol. The summed E-state index contributed by atoms with van der Waals surface area (Å²) >= 11 is 0. The molecule has 0 aliphatic heterocycles. The molecule has 2 N–H and O–H groups in total. The van der Waals surface area contributed by atoms with Crippen LogP contribution < -0.4 is 10.2 Å². The molecule has 0 saturated heterocycles. The molecule has 3 aromatic rings. The maximum atomic E-state index is 10.2. The predicted octanol–water partition coefficient (Wildman–Crippen LogP) is 3.96. The van der Waals surface area contributed by atoms with Gasteiger partial charge in [-0.15, -0.1) is 0 Å². The van der Waals surface area contributed by atoms with Crippen molar-refractivity contribution < 1.29 is 14.9 Å². The van der Waals surface area contributed by atoms with Gasteiger partial charge in [0.05, 0.1) is 0 Å². The number of phenols is 1. The van der Waals surface area contributed by atoms with E-state index in [1.165, 1.54) is 0 Å². The summed E-state index contributed by atoms with van der Waals surface area (Å²) in [4.78, 5) is 0. The average molecular weight is 328 g/mol. The maximum absolute atomic E-state index is 10.2. The highest BCUT2D eigenvalue weighted by Gasteiger charge is 2.04. The lowest BCUT2D eigenvalue weighted by Crippen LogP contribution is -2.00. The molecule has 0 spiro atoms. The van der Waals surface area contributed by atoms with E-state index in [0.717, 1.165) is 21.9 Å². The first-order chi connectivity index (χ1) is 12.0. The Balaban J connectivity index is 1.85. The molecular formula is C21H17BO3. The van der Waals surface area contributed by atoms with Gasteiger partial charge in [-0.3, -0.25) is 0 Å². The van der Waals surface area contributed by atoms with Gasteiger partial charge in [-0.25, -0.2) is 0 Å². The Bertz CT molecular complexity index is 943. The first-order valence-corrected chi connectivity index (χ1v) is 7.82. The number of aliphatic hydroxyl groups is 1. The summed E-state index contributed by atoms with van der Waals surface area (Å²) in [5, 5.41) is 21.1. The number of hydrogen-bond acceptors (Lipinski definition) is 3. The first kappa shape index (κ1) is 16.7. The van der Waals surface area contributed by atoms with Crippen molar-refractivity contribution in [3.63, 3.8) is 0 Å². The van der Waals surface area contributed by atoms with E-state index in [9.17, 15) is 5.11 Å². The second-order valence-electron chi connectivity index (χ2n) is 5.74. The van der Waals surface area contributed by atoms with Crippen molar-refractivity contribution in [2.24, 2.45) is 0 Å². The zero-order chi connectivity index (χ0) is 17.8. The molecule has 0 atom stereocenters. The summed E-state index contributed by atoms with van der Waals surface area (Å²) in [5.41, 5.74) is 2.39. The van der Waals surface area contributed by atoms with Gasteiger partial charge in [-0.1, -0.05) is 60.6 Å². The van der Waals surface area contributed by atoms with Crippen molar-refractivity contribution in [1.29, 1.82) is 0 Å². The van der Waals surface area contributed by atoms with Crippen LogP contribution in [0, 0.1) is 0 Å². The minimum atomic E-state index is -0.0176. The van der Waals surface area contributed by atoms with Crippen LogP contribution in [-0.2, 0) is 0 Å². The van der Waals surface area contributed by atoms with Gasteiger partial charge in [0.1, 0.15) is 31.7 Å². The first-order valence-electron chi connectivity index (χ1n) is 7.82. The van der Waals surface area contributed by atoms with E-state index in [1.54, 1.807) is 6.07 Å². The van der Waals surface area contributed by atoms with Crippen molar-refractivity contribution in [2.45, 2.75) is 0 Å². The molecule has 0 saturated carbocycles. The number of ether oxygens (including phenoxy) is 1. The van der Waals surface area contributed by atoms with Crippen LogP contribution in [-0.4, -0.2) is 24.7 Å². The lowest BCUT2D eigenvalue weighted by atomic mass is 9.92. The van der Waals surface area contributed by atoms with Crippen LogP contribution in [0.3, 0.4) is 0 Å². The molecule has 4 heteroatoms. The molecule has 0 fully saturated rings. The quantitative estimate of drug-likeness (QED) is 0.423. The molecule has 0 aliphatic rings. The fourth-order valence-corrected chi connectivity index (χ4v) is 2.56. The zero-order valence-corrected chi connectivity index (χ0v) is 13.6. The maximum Gasteiger partial charge on any atom is 0.144 e. The normalized spacial score (nSPS) is 11.0. The monoisotopic (exact) mass is 328 g/mol. The number of benzene rings is 3. The molecule has 3 nitrogen and oxygen atoms in total. The third-order valence-corrected chi connectivity index (χ3v) is 3.79. The van der Waals surface area contributed by atoms with Crippen molar-refractivity contribution in [2.75, 3.05) is 6.61 Å². The smallest absolute Gasteiger partial charge is 0.144 e. The van der Waals surface area contributed by atoms with Crippen molar-refractivity contribution in [3.8, 4) is 11.5 Å². The third kappa shape index (κ3) is 4.04. The molecule has 25 heavy (non-hydrogen) atoms.